The van der Waals surface area contributed by atoms with Gasteiger partial charge < -0.3 is 19.4 Å². The summed E-state index contributed by atoms with van der Waals surface area (Å²) < 4.78 is 12.4. The molecule has 1 amide bonds. The molecule has 0 spiro atoms. The fourth-order valence-electron chi connectivity index (χ4n) is 2.98. The maximum Gasteiger partial charge on any atom is 0.264 e. The van der Waals surface area contributed by atoms with Gasteiger partial charge in [-0.15, -0.1) is 0 Å². The first-order chi connectivity index (χ1) is 15.0. The lowest BCUT2D eigenvalue weighted by molar-refractivity contribution is 0.102. The first-order valence-electron chi connectivity index (χ1n) is 10.1. The van der Waals surface area contributed by atoms with Gasteiger partial charge in [0.05, 0.1) is 36.4 Å². The van der Waals surface area contributed by atoms with Gasteiger partial charge in [-0.3, -0.25) is 19.6 Å². The van der Waals surface area contributed by atoms with Crippen molar-refractivity contribution in [1.82, 2.24) is 14.5 Å². The number of nitrogens with one attached hydrogen (secondary N) is 1. The number of pyridine rings is 1. The number of carbonyl (C=O) groups excluding carboxylic acids is 1. The molecule has 8 nitrogen and oxygen atoms in total. The summed E-state index contributed by atoms with van der Waals surface area (Å²) in [5.74, 6) is 0.0205. The minimum atomic E-state index is -0.493. The Morgan fingerprint density at radius 3 is 2.65 bits per heavy atom. The molecule has 1 N–H and O–H groups in total. The summed E-state index contributed by atoms with van der Waals surface area (Å²) >= 11 is 0. The molecule has 0 radical (unpaired) electrons. The number of hydrogen-bond donors (Lipinski definition) is 1. The van der Waals surface area contributed by atoms with Crippen molar-refractivity contribution in [2.45, 2.75) is 27.3 Å². The molecule has 8 heteroatoms. The molecule has 2 aromatic heterocycles. The summed E-state index contributed by atoms with van der Waals surface area (Å²) in [5, 5.41) is 2.80. The fourth-order valence-corrected chi connectivity index (χ4v) is 2.98. The summed E-state index contributed by atoms with van der Waals surface area (Å²) in [6.45, 7) is 7.12. The van der Waals surface area contributed by atoms with Crippen molar-refractivity contribution in [1.29, 1.82) is 0 Å². The number of hydrogen-bond acceptors (Lipinski definition) is 6. The Hall–Kier alpha value is -3.52. The van der Waals surface area contributed by atoms with Crippen LogP contribution in [0, 0.1) is 13.8 Å². The highest BCUT2D eigenvalue weighted by molar-refractivity contribution is 6.05. The Labute approximate surface area is 180 Å². The van der Waals surface area contributed by atoms with Crippen LogP contribution >= 0.6 is 0 Å². The summed E-state index contributed by atoms with van der Waals surface area (Å²) in [7, 11) is 0. The monoisotopic (exact) mass is 422 g/mol. The molecule has 0 aliphatic rings. The van der Waals surface area contributed by atoms with E-state index in [0.29, 0.717) is 42.5 Å². The van der Waals surface area contributed by atoms with Crippen molar-refractivity contribution in [2.75, 3.05) is 25.1 Å². The molecule has 0 aliphatic carbocycles. The van der Waals surface area contributed by atoms with E-state index in [1.54, 1.807) is 49.8 Å². The third kappa shape index (κ3) is 5.76. The second-order valence-corrected chi connectivity index (χ2v) is 6.95. The summed E-state index contributed by atoms with van der Waals surface area (Å²) in [4.78, 5) is 34.5. The second kappa shape index (κ2) is 10.5. The van der Waals surface area contributed by atoms with Crippen molar-refractivity contribution in [3.8, 4) is 5.75 Å². The smallest absolute Gasteiger partial charge is 0.264 e. The number of carbonyl (C=O) groups is 1. The van der Waals surface area contributed by atoms with Crippen molar-refractivity contribution < 1.29 is 14.3 Å². The normalized spacial score (nSPS) is 10.7. The van der Waals surface area contributed by atoms with Gasteiger partial charge in [-0.2, -0.15) is 0 Å². The van der Waals surface area contributed by atoms with Crippen LogP contribution in [0.5, 0.6) is 5.75 Å². The predicted molar refractivity (Wildman–Crippen MR) is 118 cm³/mol. The standard InChI is InChI=1S/C23H26N4O4/c1-4-30-11-12-31-20-8-6-5-7-19(20)26-22(28)21-16(2)9-10-27(23(21)29)15-18-14-24-17(3)13-25-18/h5-10,13-14H,4,11-12,15H2,1-3H3,(H,26,28). The molecule has 3 aromatic rings. The molecule has 0 saturated heterocycles. The highest BCUT2D eigenvalue weighted by Gasteiger charge is 2.18. The van der Waals surface area contributed by atoms with E-state index in [2.05, 4.69) is 15.3 Å². The maximum atomic E-state index is 13.0. The van der Waals surface area contributed by atoms with Crippen LogP contribution in [0.2, 0.25) is 0 Å². The van der Waals surface area contributed by atoms with Gasteiger partial charge in [0.15, 0.2) is 0 Å². The van der Waals surface area contributed by atoms with E-state index in [0.717, 1.165) is 5.69 Å². The van der Waals surface area contributed by atoms with Crippen LogP contribution in [0.3, 0.4) is 0 Å². The topological polar surface area (TPSA) is 95.3 Å². The zero-order chi connectivity index (χ0) is 22.2. The third-order valence-electron chi connectivity index (χ3n) is 4.59. The molecule has 162 valence electrons. The van der Waals surface area contributed by atoms with E-state index in [-0.39, 0.29) is 12.1 Å². The van der Waals surface area contributed by atoms with Crippen LogP contribution in [-0.4, -0.2) is 40.3 Å². The van der Waals surface area contributed by atoms with Gasteiger partial charge in [0, 0.05) is 19.0 Å². The van der Waals surface area contributed by atoms with E-state index in [4.69, 9.17) is 9.47 Å². The third-order valence-corrected chi connectivity index (χ3v) is 4.59. The van der Waals surface area contributed by atoms with E-state index in [9.17, 15) is 9.59 Å². The highest BCUT2D eigenvalue weighted by atomic mass is 16.5. The number of para-hydroxylation sites is 2. The number of anilines is 1. The van der Waals surface area contributed by atoms with Crippen molar-refractivity contribution >= 4 is 11.6 Å². The summed E-state index contributed by atoms with van der Waals surface area (Å²) in [6, 6.07) is 8.83. The largest absolute Gasteiger partial charge is 0.489 e. The van der Waals surface area contributed by atoms with Crippen LogP contribution in [0.15, 0.2) is 53.7 Å². The minimum absolute atomic E-state index is 0.0756. The van der Waals surface area contributed by atoms with Gasteiger partial charge in [-0.1, -0.05) is 12.1 Å². The molecule has 0 unspecified atom stereocenters. The van der Waals surface area contributed by atoms with E-state index < -0.39 is 11.5 Å². The molecule has 1 aromatic carbocycles. The molecule has 0 saturated carbocycles. The van der Waals surface area contributed by atoms with Crippen molar-refractivity contribution in [2.24, 2.45) is 0 Å². The molecule has 31 heavy (non-hydrogen) atoms. The number of amides is 1. The lowest BCUT2D eigenvalue weighted by atomic mass is 10.1. The minimum Gasteiger partial charge on any atom is -0.489 e. The summed E-state index contributed by atoms with van der Waals surface area (Å²) in [6.07, 6.45) is 4.92. The molecular formula is C23H26N4O4. The molecule has 0 bridgehead atoms. The first kappa shape index (κ1) is 22.2. The maximum absolute atomic E-state index is 13.0. The first-order valence-corrected chi connectivity index (χ1v) is 10.1. The van der Waals surface area contributed by atoms with Crippen LogP contribution in [-0.2, 0) is 11.3 Å². The molecule has 2 heterocycles. The average Bonchev–Trinajstić information content (AvgIpc) is 2.76. The number of aromatic nitrogens is 3. The molecular weight excluding hydrogens is 396 g/mol. The van der Waals surface area contributed by atoms with Gasteiger partial charge in [-0.25, -0.2) is 0 Å². The molecule has 0 aliphatic heterocycles. The van der Waals surface area contributed by atoms with E-state index in [1.807, 2.05) is 19.9 Å². The Balaban J connectivity index is 1.81. The van der Waals surface area contributed by atoms with Crippen LogP contribution < -0.4 is 15.6 Å². The quantitative estimate of drug-likeness (QED) is 0.533. The summed E-state index contributed by atoms with van der Waals surface area (Å²) in [5.41, 5.74) is 2.19. The second-order valence-electron chi connectivity index (χ2n) is 6.95. The van der Waals surface area contributed by atoms with Gasteiger partial charge in [0.1, 0.15) is 17.9 Å². The highest BCUT2D eigenvalue weighted by Crippen LogP contribution is 2.24. The number of benzene rings is 1. The number of aryl methyl sites for hydroxylation is 2. The molecule has 3 rings (SSSR count). The molecule has 0 atom stereocenters. The Morgan fingerprint density at radius 1 is 1.10 bits per heavy atom. The van der Waals surface area contributed by atoms with Crippen molar-refractivity contribution in [3.63, 3.8) is 0 Å². The van der Waals surface area contributed by atoms with Gasteiger partial charge >= 0.3 is 0 Å². The Kier molecular flexibility index (Phi) is 7.50. The predicted octanol–water partition coefficient (Wildman–Crippen LogP) is 2.97. The van der Waals surface area contributed by atoms with Gasteiger partial charge in [0.25, 0.3) is 11.5 Å². The zero-order valence-corrected chi connectivity index (χ0v) is 17.9. The number of nitrogens with zero attached hydrogens (tertiary/aromatic N) is 3. The number of rotatable bonds is 9. The van der Waals surface area contributed by atoms with Crippen molar-refractivity contribution in [3.05, 3.63) is 81.8 Å². The van der Waals surface area contributed by atoms with Gasteiger partial charge in [-0.05, 0) is 44.5 Å². The van der Waals surface area contributed by atoms with E-state index >= 15 is 0 Å². The fraction of sp³-hybridized carbons (Fsp3) is 0.304. The number of ether oxygens (including phenoxy) is 2. The van der Waals surface area contributed by atoms with Crippen LogP contribution in [0.1, 0.15) is 34.2 Å². The van der Waals surface area contributed by atoms with Crippen LogP contribution in [0.4, 0.5) is 5.69 Å². The van der Waals surface area contributed by atoms with E-state index in [1.165, 1.54) is 4.57 Å². The van der Waals surface area contributed by atoms with Crippen LogP contribution in [0.25, 0.3) is 0 Å². The SMILES string of the molecule is CCOCCOc1ccccc1NC(=O)c1c(C)ccn(Cc2cnc(C)cn2)c1=O. The zero-order valence-electron chi connectivity index (χ0n) is 17.9. The Morgan fingerprint density at radius 2 is 1.90 bits per heavy atom. The lowest BCUT2D eigenvalue weighted by Gasteiger charge is -2.14. The molecule has 0 fully saturated rings. The Bertz CT molecular complexity index is 1090. The van der Waals surface area contributed by atoms with Gasteiger partial charge in [0.2, 0.25) is 0 Å². The lowest BCUT2D eigenvalue weighted by Crippen LogP contribution is -2.30. The average molecular weight is 422 g/mol.